The lowest BCUT2D eigenvalue weighted by atomic mass is 9.64. The fraction of sp³-hybridized carbons (Fsp3) is 0.606. The van der Waals surface area contributed by atoms with Crippen LogP contribution in [0.2, 0.25) is 5.02 Å². The Labute approximate surface area is 255 Å². The molecule has 230 valence electrons. The van der Waals surface area contributed by atoms with E-state index in [9.17, 15) is 19.5 Å². The number of aliphatic hydroxyl groups excluding tert-OH is 1. The summed E-state index contributed by atoms with van der Waals surface area (Å²) in [4.78, 5) is 48.7. The number of carbonyl (C=O) groups is 3. The van der Waals surface area contributed by atoms with Gasteiger partial charge < -0.3 is 24.5 Å². The SMILES string of the molecule is C=CCN(CCC)C(=O)[C@@H]1[C@H]2C(=O)N([C@@H](CO)CC(C)C)C(C(=O)N(CC=C)c3ccccc3Cl)C23CC[C@@]1(CC)O3. The molecule has 3 fully saturated rings. The van der Waals surface area contributed by atoms with Crippen LogP contribution >= 0.6 is 11.6 Å². The average Bonchev–Trinajstić information content (AvgIpc) is 3.58. The number of nitrogens with zero attached hydrogens (tertiary/aromatic N) is 3. The molecule has 6 atom stereocenters. The van der Waals surface area contributed by atoms with E-state index >= 15 is 0 Å². The average molecular weight is 600 g/mol. The predicted octanol–water partition coefficient (Wildman–Crippen LogP) is 4.85. The van der Waals surface area contributed by atoms with Gasteiger partial charge in [0.25, 0.3) is 5.91 Å². The Morgan fingerprint density at radius 1 is 1.17 bits per heavy atom. The van der Waals surface area contributed by atoms with E-state index in [4.69, 9.17) is 16.3 Å². The lowest BCUT2D eigenvalue weighted by Crippen LogP contribution is -2.59. The number of aliphatic hydroxyl groups is 1. The summed E-state index contributed by atoms with van der Waals surface area (Å²) >= 11 is 6.58. The normalized spacial score (nSPS) is 28.6. The molecule has 1 spiro atoms. The standard InChI is InChI=1S/C33H46ClN3O5/c1-7-17-35(18-8-2)29(39)26-27-30(40)37(23(21-38)20-22(5)6)28(33(27)16-15-32(26,10-4)42-33)31(41)36(19-9-3)25-14-12-11-13-24(25)34/h7,9,11-14,22-23,26-28,38H,1,3,8,10,15-21H2,2,4-6H3/t23-,26+,27+,28?,32-,33?/m1/s1. The van der Waals surface area contributed by atoms with Gasteiger partial charge in [-0.1, -0.05) is 63.6 Å². The van der Waals surface area contributed by atoms with Crippen LogP contribution in [-0.4, -0.2) is 82.2 Å². The van der Waals surface area contributed by atoms with Gasteiger partial charge >= 0.3 is 0 Å². The highest BCUT2D eigenvalue weighted by molar-refractivity contribution is 6.34. The van der Waals surface area contributed by atoms with Crippen LogP contribution in [0.3, 0.4) is 0 Å². The summed E-state index contributed by atoms with van der Waals surface area (Å²) < 4.78 is 6.97. The zero-order valence-electron chi connectivity index (χ0n) is 25.4. The molecule has 42 heavy (non-hydrogen) atoms. The highest BCUT2D eigenvalue weighted by Crippen LogP contribution is 2.65. The third-order valence-electron chi connectivity index (χ3n) is 9.34. The largest absolute Gasteiger partial charge is 0.394 e. The number of fused-ring (bicyclic) bond motifs is 1. The van der Waals surface area contributed by atoms with Crippen molar-refractivity contribution in [2.24, 2.45) is 17.8 Å². The van der Waals surface area contributed by atoms with Gasteiger partial charge in [0, 0.05) is 19.6 Å². The lowest BCUT2D eigenvalue weighted by Gasteiger charge is -2.40. The third kappa shape index (κ3) is 5.20. The number of benzene rings is 1. The maximum Gasteiger partial charge on any atom is 0.253 e. The fourth-order valence-corrected chi connectivity index (χ4v) is 7.93. The van der Waals surface area contributed by atoms with Gasteiger partial charge in [0.15, 0.2) is 0 Å². The third-order valence-corrected chi connectivity index (χ3v) is 9.66. The molecular formula is C33H46ClN3O5. The summed E-state index contributed by atoms with van der Waals surface area (Å²) in [6, 6.07) is 5.43. The van der Waals surface area contributed by atoms with Gasteiger partial charge in [-0.3, -0.25) is 14.4 Å². The van der Waals surface area contributed by atoms with Crippen molar-refractivity contribution < 1.29 is 24.2 Å². The summed E-state index contributed by atoms with van der Waals surface area (Å²) in [6.45, 7) is 16.5. The summed E-state index contributed by atoms with van der Waals surface area (Å²) in [5.74, 6) is -2.20. The highest BCUT2D eigenvalue weighted by Gasteiger charge is 2.79. The van der Waals surface area contributed by atoms with Crippen LogP contribution in [0.5, 0.6) is 0 Å². The van der Waals surface area contributed by atoms with Crippen LogP contribution in [0, 0.1) is 17.8 Å². The van der Waals surface area contributed by atoms with E-state index in [1.807, 2.05) is 27.7 Å². The first-order valence-electron chi connectivity index (χ1n) is 15.3. The zero-order valence-corrected chi connectivity index (χ0v) is 26.2. The van der Waals surface area contributed by atoms with E-state index < -0.39 is 35.1 Å². The Hall–Kier alpha value is -2.68. The molecule has 0 radical (unpaired) electrons. The van der Waals surface area contributed by atoms with Crippen molar-refractivity contribution in [1.29, 1.82) is 0 Å². The number of rotatable bonds is 14. The van der Waals surface area contributed by atoms with Crippen molar-refractivity contribution in [3.05, 3.63) is 54.6 Å². The smallest absolute Gasteiger partial charge is 0.253 e. The molecule has 3 amide bonds. The second kappa shape index (κ2) is 12.9. The first-order chi connectivity index (χ1) is 20.1. The molecule has 3 aliphatic heterocycles. The van der Waals surface area contributed by atoms with Crippen LogP contribution in [0.15, 0.2) is 49.6 Å². The van der Waals surface area contributed by atoms with Crippen molar-refractivity contribution in [2.75, 3.05) is 31.1 Å². The van der Waals surface area contributed by atoms with Gasteiger partial charge in [-0.25, -0.2) is 0 Å². The molecule has 0 aromatic heterocycles. The number of hydrogen-bond acceptors (Lipinski definition) is 5. The van der Waals surface area contributed by atoms with Crippen LogP contribution in [-0.2, 0) is 19.1 Å². The van der Waals surface area contributed by atoms with Gasteiger partial charge in [-0.15, -0.1) is 13.2 Å². The first kappa shape index (κ1) is 32.2. The minimum atomic E-state index is -1.21. The molecule has 0 aliphatic carbocycles. The van der Waals surface area contributed by atoms with Gasteiger partial charge in [0.05, 0.1) is 40.8 Å². The van der Waals surface area contributed by atoms with E-state index in [1.165, 1.54) is 0 Å². The minimum absolute atomic E-state index is 0.134. The molecule has 3 saturated heterocycles. The summed E-state index contributed by atoms with van der Waals surface area (Å²) in [7, 11) is 0. The Bertz CT molecular complexity index is 1210. The molecule has 3 heterocycles. The number of hydrogen-bond donors (Lipinski definition) is 1. The molecular weight excluding hydrogens is 554 g/mol. The van der Waals surface area contributed by atoms with Crippen LogP contribution in [0.1, 0.15) is 59.8 Å². The molecule has 4 rings (SSSR count). The zero-order chi connectivity index (χ0) is 30.8. The molecule has 8 nitrogen and oxygen atoms in total. The van der Waals surface area contributed by atoms with Gasteiger partial charge in [0.2, 0.25) is 11.8 Å². The number of para-hydroxylation sites is 1. The Morgan fingerprint density at radius 3 is 2.43 bits per heavy atom. The lowest BCUT2D eigenvalue weighted by molar-refractivity contribution is -0.154. The fourth-order valence-electron chi connectivity index (χ4n) is 7.69. The Kier molecular flexibility index (Phi) is 9.90. The predicted molar refractivity (Wildman–Crippen MR) is 165 cm³/mol. The number of carbonyl (C=O) groups excluding carboxylic acids is 3. The van der Waals surface area contributed by atoms with E-state index in [1.54, 1.807) is 51.1 Å². The molecule has 1 aromatic rings. The number of halogens is 1. The highest BCUT2D eigenvalue weighted by atomic mass is 35.5. The summed E-state index contributed by atoms with van der Waals surface area (Å²) in [5, 5.41) is 11.0. The van der Waals surface area contributed by atoms with Crippen molar-refractivity contribution in [3.8, 4) is 0 Å². The maximum absolute atomic E-state index is 14.8. The van der Waals surface area contributed by atoms with E-state index in [2.05, 4.69) is 13.2 Å². The van der Waals surface area contributed by atoms with Crippen molar-refractivity contribution in [1.82, 2.24) is 9.80 Å². The number of ether oxygens (including phenoxy) is 1. The molecule has 0 saturated carbocycles. The van der Waals surface area contributed by atoms with Crippen molar-refractivity contribution in [3.63, 3.8) is 0 Å². The second-order valence-corrected chi connectivity index (χ2v) is 12.7. The summed E-state index contributed by atoms with van der Waals surface area (Å²) in [6.07, 6.45) is 6.16. The van der Waals surface area contributed by atoms with Gasteiger partial charge in [0.1, 0.15) is 11.6 Å². The number of amides is 3. The maximum atomic E-state index is 14.8. The van der Waals surface area contributed by atoms with Crippen molar-refractivity contribution >= 4 is 35.0 Å². The molecule has 9 heteroatoms. The summed E-state index contributed by atoms with van der Waals surface area (Å²) in [5.41, 5.74) is -1.55. The van der Waals surface area contributed by atoms with Gasteiger partial charge in [-0.2, -0.15) is 0 Å². The van der Waals surface area contributed by atoms with Crippen LogP contribution in [0.4, 0.5) is 5.69 Å². The van der Waals surface area contributed by atoms with Crippen LogP contribution < -0.4 is 4.90 Å². The van der Waals surface area contributed by atoms with Gasteiger partial charge in [-0.05, 0) is 50.2 Å². The number of anilines is 1. The minimum Gasteiger partial charge on any atom is -0.394 e. The molecule has 1 N–H and O–H groups in total. The van der Waals surface area contributed by atoms with E-state index in [0.29, 0.717) is 49.5 Å². The molecule has 1 aromatic carbocycles. The molecule has 3 aliphatic rings. The second-order valence-electron chi connectivity index (χ2n) is 12.3. The molecule has 2 unspecified atom stereocenters. The Balaban J connectivity index is 1.89. The van der Waals surface area contributed by atoms with Crippen molar-refractivity contribution in [2.45, 2.75) is 83.1 Å². The molecule has 2 bridgehead atoms. The first-order valence-corrected chi connectivity index (χ1v) is 15.6. The Morgan fingerprint density at radius 2 is 1.86 bits per heavy atom. The van der Waals surface area contributed by atoms with Crippen LogP contribution in [0.25, 0.3) is 0 Å². The topological polar surface area (TPSA) is 90.4 Å². The van der Waals surface area contributed by atoms with E-state index in [0.717, 1.165) is 6.42 Å². The van der Waals surface area contributed by atoms with E-state index in [-0.39, 0.29) is 36.8 Å². The number of likely N-dealkylation sites (tertiary alicyclic amines) is 1. The monoisotopic (exact) mass is 599 g/mol. The quantitative estimate of drug-likeness (QED) is 0.309.